The molecule has 2 N–H and O–H groups in total. The van der Waals surface area contributed by atoms with Crippen LogP contribution in [-0.4, -0.2) is 74.9 Å². The van der Waals surface area contributed by atoms with Gasteiger partial charge in [-0.1, -0.05) is 23.4 Å². The monoisotopic (exact) mass is 505 g/mol. The predicted molar refractivity (Wildman–Crippen MR) is 140 cm³/mol. The quantitative estimate of drug-likeness (QED) is 0.368. The molecule has 3 aliphatic rings. The van der Waals surface area contributed by atoms with Gasteiger partial charge in [0.15, 0.2) is 0 Å². The number of carbonyl (C=O) groups excluding carboxylic acids is 1. The minimum atomic E-state index is -0.173. The Kier molecular flexibility index (Phi) is 8.43. The molecule has 3 aliphatic heterocycles. The lowest BCUT2D eigenvalue weighted by Gasteiger charge is -2.31. The molecule has 2 aromatic carbocycles. The number of para-hydroxylation sites is 1. The van der Waals surface area contributed by atoms with Gasteiger partial charge in [0, 0.05) is 55.2 Å². The van der Waals surface area contributed by atoms with Gasteiger partial charge in [0.1, 0.15) is 18.1 Å². The van der Waals surface area contributed by atoms with Crippen molar-refractivity contribution in [2.75, 3.05) is 64.1 Å². The topological polar surface area (TPSA) is 78.4 Å². The Balaban J connectivity index is 0.00000162. The molecule has 8 nitrogen and oxygen atoms in total. The van der Waals surface area contributed by atoms with Gasteiger partial charge in [-0.3, -0.25) is 9.69 Å². The van der Waals surface area contributed by atoms with E-state index in [-0.39, 0.29) is 30.7 Å². The van der Waals surface area contributed by atoms with Gasteiger partial charge in [0.05, 0.1) is 18.4 Å². The van der Waals surface area contributed by atoms with Gasteiger partial charge in [-0.25, -0.2) is 0 Å². The Morgan fingerprint density at radius 2 is 1.71 bits per heavy atom. The van der Waals surface area contributed by atoms with Crippen LogP contribution in [0.1, 0.15) is 11.1 Å². The normalized spacial score (nSPS) is 20.5. The van der Waals surface area contributed by atoms with Crippen molar-refractivity contribution in [2.45, 2.75) is 0 Å². The minimum absolute atomic E-state index is 0. The third kappa shape index (κ3) is 5.00. The molecule has 0 aliphatic carbocycles. The number of amides is 1. The first kappa shape index (κ1) is 25.8. The fourth-order valence-corrected chi connectivity index (χ4v) is 4.28. The standard InChI is InChI=1S/C24H27N5O3.2ClH/c1-28-9-11-29(12-10-28)13-14-32-27-22-17-5-3-4-6-19(17)25-23(22)21-18-15-16(31-2)7-8-20(18)26-24(21)30;;/h3-8,15,25H,9-14H2,1-2H3,(H,26,30);2*1H/b23-21-,27-22+;;. The molecule has 1 amide bonds. The molecular weight excluding hydrogens is 477 g/mol. The van der Waals surface area contributed by atoms with Crippen LogP contribution in [0.2, 0.25) is 0 Å². The zero-order chi connectivity index (χ0) is 22.1. The van der Waals surface area contributed by atoms with E-state index in [2.05, 4.69) is 32.6 Å². The largest absolute Gasteiger partial charge is 0.497 e. The van der Waals surface area contributed by atoms with E-state index in [0.717, 1.165) is 55.2 Å². The Bertz CT molecular complexity index is 1110. The van der Waals surface area contributed by atoms with E-state index in [4.69, 9.17) is 9.57 Å². The number of rotatable bonds is 5. The second-order valence-electron chi connectivity index (χ2n) is 8.20. The molecule has 1 saturated heterocycles. The van der Waals surface area contributed by atoms with Crippen molar-refractivity contribution in [1.29, 1.82) is 0 Å². The highest BCUT2D eigenvalue weighted by molar-refractivity contribution is 6.39. The summed E-state index contributed by atoms with van der Waals surface area (Å²) in [6.45, 7) is 5.53. The van der Waals surface area contributed by atoms with Crippen LogP contribution >= 0.6 is 24.8 Å². The fraction of sp³-hybridized carbons (Fsp3) is 0.333. The number of likely N-dealkylation sites (N-methyl/N-ethyl adjacent to an activating group) is 1. The van der Waals surface area contributed by atoms with Crippen molar-refractivity contribution in [3.05, 3.63) is 59.3 Å². The third-order valence-corrected chi connectivity index (χ3v) is 6.15. The second-order valence-corrected chi connectivity index (χ2v) is 8.20. The molecule has 5 rings (SSSR count). The molecule has 34 heavy (non-hydrogen) atoms. The lowest BCUT2D eigenvalue weighted by atomic mass is 10.0. The number of hydrogen-bond acceptors (Lipinski definition) is 7. The lowest BCUT2D eigenvalue weighted by Crippen LogP contribution is -2.45. The van der Waals surface area contributed by atoms with Crippen LogP contribution in [0.4, 0.5) is 11.4 Å². The van der Waals surface area contributed by atoms with Crippen LogP contribution in [0, 0.1) is 0 Å². The Hall–Kier alpha value is -2.78. The minimum Gasteiger partial charge on any atom is -0.497 e. The van der Waals surface area contributed by atoms with Gasteiger partial charge in [0.25, 0.3) is 5.91 Å². The molecule has 0 radical (unpaired) electrons. The summed E-state index contributed by atoms with van der Waals surface area (Å²) in [4.78, 5) is 23.4. The summed E-state index contributed by atoms with van der Waals surface area (Å²) in [6.07, 6.45) is 0. The molecule has 0 bridgehead atoms. The number of anilines is 2. The maximum absolute atomic E-state index is 12.9. The van der Waals surface area contributed by atoms with Gasteiger partial charge in [-0.2, -0.15) is 0 Å². The number of piperazine rings is 1. The molecule has 0 unspecified atom stereocenters. The van der Waals surface area contributed by atoms with Crippen molar-refractivity contribution in [1.82, 2.24) is 9.80 Å². The summed E-state index contributed by atoms with van der Waals surface area (Å²) in [5, 5.41) is 10.8. The number of ether oxygens (including phenoxy) is 1. The summed E-state index contributed by atoms with van der Waals surface area (Å²) in [5.74, 6) is 0.518. The summed E-state index contributed by atoms with van der Waals surface area (Å²) >= 11 is 0. The van der Waals surface area contributed by atoms with E-state index in [9.17, 15) is 4.79 Å². The van der Waals surface area contributed by atoms with E-state index < -0.39 is 0 Å². The number of fused-ring (bicyclic) bond motifs is 2. The number of halogens is 2. The molecule has 0 atom stereocenters. The van der Waals surface area contributed by atoms with Crippen LogP contribution < -0.4 is 15.4 Å². The molecule has 0 aromatic heterocycles. The fourth-order valence-electron chi connectivity index (χ4n) is 4.28. The van der Waals surface area contributed by atoms with E-state index in [0.29, 0.717) is 29.3 Å². The molecule has 1 fully saturated rings. The summed E-state index contributed by atoms with van der Waals surface area (Å²) < 4.78 is 5.37. The van der Waals surface area contributed by atoms with Crippen LogP contribution in [0.25, 0.3) is 5.57 Å². The van der Waals surface area contributed by atoms with Crippen molar-refractivity contribution in [3.63, 3.8) is 0 Å². The molecule has 3 heterocycles. The van der Waals surface area contributed by atoms with Crippen molar-refractivity contribution < 1.29 is 14.4 Å². The number of methoxy groups -OCH3 is 1. The smallest absolute Gasteiger partial charge is 0.258 e. The second kappa shape index (κ2) is 11.1. The van der Waals surface area contributed by atoms with E-state index in [1.54, 1.807) is 7.11 Å². The molecule has 2 aromatic rings. The van der Waals surface area contributed by atoms with E-state index >= 15 is 0 Å². The van der Waals surface area contributed by atoms with Gasteiger partial charge < -0.3 is 25.1 Å². The molecule has 10 heteroatoms. The average molecular weight is 506 g/mol. The number of allylic oxidation sites excluding steroid dienone is 1. The van der Waals surface area contributed by atoms with Crippen LogP contribution in [-0.2, 0) is 9.63 Å². The number of hydrogen-bond donors (Lipinski definition) is 2. The molecule has 0 saturated carbocycles. The van der Waals surface area contributed by atoms with Gasteiger partial charge in [0.2, 0.25) is 0 Å². The van der Waals surface area contributed by atoms with Gasteiger partial charge in [-0.05, 0) is 31.3 Å². The lowest BCUT2D eigenvalue weighted by molar-refractivity contribution is -0.110. The van der Waals surface area contributed by atoms with E-state index in [1.165, 1.54) is 0 Å². The van der Waals surface area contributed by atoms with E-state index in [1.807, 2.05) is 42.5 Å². The van der Waals surface area contributed by atoms with Crippen LogP contribution in [0.5, 0.6) is 5.75 Å². The summed E-state index contributed by atoms with van der Waals surface area (Å²) in [7, 11) is 3.76. The Morgan fingerprint density at radius 3 is 2.47 bits per heavy atom. The number of benzene rings is 2. The average Bonchev–Trinajstić information content (AvgIpc) is 3.33. The predicted octanol–water partition coefficient (Wildman–Crippen LogP) is 3.30. The summed E-state index contributed by atoms with van der Waals surface area (Å²) in [6, 6.07) is 13.4. The number of carbonyl (C=O) groups is 1. The molecule has 0 spiro atoms. The van der Waals surface area contributed by atoms with Gasteiger partial charge in [-0.15, -0.1) is 24.8 Å². The number of nitrogens with zero attached hydrogens (tertiary/aromatic N) is 3. The number of nitrogens with one attached hydrogen (secondary N) is 2. The zero-order valence-electron chi connectivity index (χ0n) is 19.2. The maximum atomic E-state index is 12.9. The SMILES string of the molecule is COc1ccc2c(c1)/C(=C1/Nc3ccccc3/C1=N\OCCN1CCN(C)CC1)C(=O)N2.Cl.Cl. The van der Waals surface area contributed by atoms with Crippen molar-refractivity contribution in [2.24, 2.45) is 5.16 Å². The van der Waals surface area contributed by atoms with Crippen molar-refractivity contribution >= 4 is 53.4 Å². The third-order valence-electron chi connectivity index (χ3n) is 6.15. The van der Waals surface area contributed by atoms with Crippen molar-refractivity contribution in [3.8, 4) is 5.75 Å². The Labute approximate surface area is 211 Å². The van der Waals surface area contributed by atoms with Gasteiger partial charge >= 0.3 is 0 Å². The van der Waals surface area contributed by atoms with Crippen LogP contribution in [0.3, 0.4) is 0 Å². The zero-order valence-corrected chi connectivity index (χ0v) is 20.8. The van der Waals surface area contributed by atoms with Crippen LogP contribution in [0.15, 0.2) is 53.3 Å². The summed E-state index contributed by atoms with van der Waals surface area (Å²) in [5.41, 5.74) is 5.19. The first-order chi connectivity index (χ1) is 15.6. The molecule has 182 valence electrons. The highest BCUT2D eigenvalue weighted by Gasteiger charge is 2.34. The Morgan fingerprint density at radius 1 is 0.971 bits per heavy atom. The number of oxime groups is 1. The maximum Gasteiger partial charge on any atom is 0.258 e. The highest BCUT2D eigenvalue weighted by Crippen LogP contribution is 2.40. The molecular formula is C24H29Cl2N5O3. The highest BCUT2D eigenvalue weighted by atomic mass is 35.5. The first-order valence-corrected chi connectivity index (χ1v) is 10.9. The first-order valence-electron chi connectivity index (χ1n) is 10.9.